The van der Waals surface area contributed by atoms with Crippen molar-refractivity contribution in [3.63, 3.8) is 0 Å². The van der Waals surface area contributed by atoms with E-state index in [9.17, 15) is 18.4 Å². The molecule has 0 aliphatic carbocycles. The Morgan fingerprint density at radius 1 is 1.12 bits per heavy atom. The average molecular weight is 451 g/mol. The van der Waals surface area contributed by atoms with Crippen LogP contribution in [0.15, 0.2) is 40.2 Å². The van der Waals surface area contributed by atoms with Crippen LogP contribution in [0.2, 0.25) is 0 Å². The van der Waals surface area contributed by atoms with Crippen molar-refractivity contribution in [2.75, 3.05) is 36.8 Å². The fourth-order valence-electron chi connectivity index (χ4n) is 2.74. The standard InChI is InChI=1S/C19H27F2N9O2/c20-14-4-3-13(11-15(14)21)26-18(31)27-16-5-10-30(19(32)28-16)12-29(8-1-6-22)9-2-7-25-17(23)24/h3-5,10-11H,1-2,6-9,12,22H2,(H4,23,24,25)(H2,26,27,28,31,32). The lowest BCUT2D eigenvalue weighted by Crippen LogP contribution is -2.36. The molecule has 0 fully saturated rings. The Hall–Kier alpha value is -3.58. The number of rotatable bonds is 11. The summed E-state index contributed by atoms with van der Waals surface area (Å²) in [5, 5.41) is 4.70. The maximum atomic E-state index is 13.2. The Kier molecular flexibility index (Phi) is 9.50. The largest absolute Gasteiger partial charge is 0.370 e. The van der Waals surface area contributed by atoms with Gasteiger partial charge in [0.15, 0.2) is 17.6 Å². The van der Waals surface area contributed by atoms with E-state index in [1.165, 1.54) is 22.9 Å². The number of carbonyl (C=O) groups excluding carboxylic acids is 1. The minimum absolute atomic E-state index is 0.00704. The van der Waals surface area contributed by atoms with Gasteiger partial charge in [-0.3, -0.25) is 19.8 Å². The molecule has 32 heavy (non-hydrogen) atoms. The third-order valence-electron chi connectivity index (χ3n) is 4.25. The summed E-state index contributed by atoms with van der Waals surface area (Å²) < 4.78 is 27.6. The van der Waals surface area contributed by atoms with Crippen LogP contribution in [-0.2, 0) is 6.67 Å². The van der Waals surface area contributed by atoms with Gasteiger partial charge in [0, 0.05) is 37.6 Å². The number of halogens is 2. The smallest absolute Gasteiger partial charge is 0.350 e. The van der Waals surface area contributed by atoms with E-state index >= 15 is 0 Å². The number of amides is 2. The molecule has 0 unspecified atom stereocenters. The number of guanidine groups is 1. The van der Waals surface area contributed by atoms with Crippen molar-refractivity contribution in [1.29, 1.82) is 0 Å². The van der Waals surface area contributed by atoms with Gasteiger partial charge in [-0.15, -0.1) is 0 Å². The van der Waals surface area contributed by atoms with E-state index in [0.717, 1.165) is 18.6 Å². The molecule has 0 spiro atoms. The first kappa shape index (κ1) is 24.7. The number of nitrogens with one attached hydrogen (secondary N) is 2. The number of urea groups is 1. The van der Waals surface area contributed by atoms with Gasteiger partial charge in [-0.2, -0.15) is 4.98 Å². The molecule has 2 rings (SSSR count). The number of hydrogen-bond acceptors (Lipinski definition) is 6. The first-order chi connectivity index (χ1) is 15.3. The lowest BCUT2D eigenvalue weighted by Gasteiger charge is -2.22. The maximum absolute atomic E-state index is 13.2. The Morgan fingerprint density at radius 3 is 2.53 bits per heavy atom. The molecule has 2 aromatic rings. The number of benzene rings is 1. The van der Waals surface area contributed by atoms with Crippen molar-refractivity contribution in [1.82, 2.24) is 14.5 Å². The summed E-state index contributed by atoms with van der Waals surface area (Å²) in [5.74, 6) is -2.10. The molecule has 0 saturated carbocycles. The summed E-state index contributed by atoms with van der Waals surface area (Å²) in [6, 6.07) is 3.62. The van der Waals surface area contributed by atoms with Crippen molar-refractivity contribution in [2.24, 2.45) is 22.2 Å². The minimum Gasteiger partial charge on any atom is -0.370 e. The van der Waals surface area contributed by atoms with Gasteiger partial charge < -0.3 is 22.5 Å². The van der Waals surface area contributed by atoms with Gasteiger partial charge in [0.25, 0.3) is 0 Å². The number of aromatic nitrogens is 2. The zero-order valence-electron chi connectivity index (χ0n) is 17.4. The molecule has 1 heterocycles. The van der Waals surface area contributed by atoms with Gasteiger partial charge in [0.1, 0.15) is 5.82 Å². The summed E-state index contributed by atoms with van der Waals surface area (Å²) in [6.07, 6.45) is 2.93. The quantitative estimate of drug-likeness (QED) is 0.187. The third-order valence-corrected chi connectivity index (χ3v) is 4.25. The predicted molar refractivity (Wildman–Crippen MR) is 118 cm³/mol. The SMILES string of the molecule is NCCCN(CCCN=C(N)N)Cn1ccc(NC(=O)Nc2ccc(F)c(F)c2)nc1=O. The minimum atomic E-state index is -1.10. The molecule has 0 saturated heterocycles. The fraction of sp³-hybridized carbons (Fsp3) is 0.368. The second-order valence-electron chi connectivity index (χ2n) is 6.83. The van der Waals surface area contributed by atoms with Gasteiger partial charge >= 0.3 is 11.7 Å². The Morgan fingerprint density at radius 2 is 1.88 bits per heavy atom. The van der Waals surface area contributed by atoms with Crippen molar-refractivity contribution >= 4 is 23.5 Å². The molecule has 2 amide bonds. The van der Waals surface area contributed by atoms with E-state index < -0.39 is 23.4 Å². The van der Waals surface area contributed by atoms with E-state index in [4.69, 9.17) is 17.2 Å². The summed E-state index contributed by atoms with van der Waals surface area (Å²) in [7, 11) is 0. The highest BCUT2D eigenvalue weighted by Gasteiger charge is 2.10. The summed E-state index contributed by atoms with van der Waals surface area (Å²) >= 11 is 0. The van der Waals surface area contributed by atoms with Crippen LogP contribution in [0.25, 0.3) is 0 Å². The number of carbonyl (C=O) groups is 1. The van der Waals surface area contributed by atoms with Crippen LogP contribution in [0.4, 0.5) is 25.1 Å². The van der Waals surface area contributed by atoms with Crippen LogP contribution >= 0.6 is 0 Å². The molecular formula is C19H27F2N9O2. The molecular weight excluding hydrogens is 424 g/mol. The van der Waals surface area contributed by atoms with Crippen molar-refractivity contribution in [3.8, 4) is 0 Å². The Balaban J connectivity index is 1.97. The molecule has 0 radical (unpaired) electrons. The van der Waals surface area contributed by atoms with E-state index in [-0.39, 0.29) is 24.1 Å². The van der Waals surface area contributed by atoms with Crippen LogP contribution < -0.4 is 33.5 Å². The van der Waals surface area contributed by atoms with Gasteiger partial charge in [0.2, 0.25) is 0 Å². The predicted octanol–water partition coefficient (Wildman–Crippen LogP) is 0.437. The number of hydrogen-bond donors (Lipinski definition) is 5. The van der Waals surface area contributed by atoms with Crippen LogP contribution in [0.3, 0.4) is 0 Å². The van der Waals surface area contributed by atoms with Gasteiger partial charge in [-0.25, -0.2) is 18.4 Å². The monoisotopic (exact) mass is 451 g/mol. The molecule has 11 nitrogen and oxygen atoms in total. The number of anilines is 2. The molecule has 1 aromatic heterocycles. The summed E-state index contributed by atoms with van der Waals surface area (Å²) in [6.45, 7) is 2.55. The topological polar surface area (TPSA) is 170 Å². The zero-order chi connectivity index (χ0) is 23.5. The molecule has 13 heteroatoms. The van der Waals surface area contributed by atoms with Crippen molar-refractivity contribution < 1.29 is 13.6 Å². The van der Waals surface area contributed by atoms with Crippen LogP contribution in [0.5, 0.6) is 0 Å². The highest BCUT2D eigenvalue weighted by Crippen LogP contribution is 2.13. The second-order valence-corrected chi connectivity index (χ2v) is 6.83. The third kappa shape index (κ3) is 8.28. The fourth-order valence-corrected chi connectivity index (χ4v) is 2.74. The lowest BCUT2D eigenvalue weighted by atomic mass is 10.3. The number of nitrogens with two attached hydrogens (primary N) is 3. The normalized spacial score (nSPS) is 10.8. The average Bonchev–Trinajstić information content (AvgIpc) is 2.73. The van der Waals surface area contributed by atoms with Crippen LogP contribution in [0, 0.1) is 11.6 Å². The van der Waals surface area contributed by atoms with E-state index in [1.54, 1.807) is 0 Å². The number of aliphatic imine (C=N–C) groups is 1. The molecule has 8 N–H and O–H groups in total. The molecule has 174 valence electrons. The van der Waals surface area contributed by atoms with Crippen molar-refractivity contribution in [3.05, 3.63) is 52.6 Å². The molecule has 0 aliphatic heterocycles. The lowest BCUT2D eigenvalue weighted by molar-refractivity contribution is 0.211. The van der Waals surface area contributed by atoms with Gasteiger partial charge in [-0.05, 0) is 37.6 Å². The Bertz CT molecular complexity index is 993. The van der Waals surface area contributed by atoms with Crippen LogP contribution in [-0.4, -0.2) is 52.6 Å². The Labute approximate surface area is 183 Å². The molecule has 0 aliphatic rings. The first-order valence-corrected chi connectivity index (χ1v) is 9.87. The van der Waals surface area contributed by atoms with E-state index in [2.05, 4.69) is 20.6 Å². The zero-order valence-corrected chi connectivity index (χ0v) is 17.4. The first-order valence-electron chi connectivity index (χ1n) is 9.87. The second kappa shape index (κ2) is 12.3. The summed E-state index contributed by atoms with van der Waals surface area (Å²) in [5.41, 5.74) is 15.7. The highest BCUT2D eigenvalue weighted by atomic mass is 19.2. The van der Waals surface area contributed by atoms with E-state index in [1.807, 2.05) is 4.90 Å². The van der Waals surface area contributed by atoms with Gasteiger partial charge in [-0.1, -0.05) is 0 Å². The number of nitrogens with zero attached hydrogens (tertiary/aromatic N) is 4. The van der Waals surface area contributed by atoms with Crippen LogP contribution in [0.1, 0.15) is 12.8 Å². The summed E-state index contributed by atoms with van der Waals surface area (Å²) in [4.78, 5) is 34.2. The maximum Gasteiger partial charge on any atom is 0.350 e. The highest BCUT2D eigenvalue weighted by molar-refractivity contribution is 5.99. The molecule has 0 bridgehead atoms. The van der Waals surface area contributed by atoms with Crippen molar-refractivity contribution in [2.45, 2.75) is 19.5 Å². The molecule has 0 atom stereocenters. The molecule has 1 aromatic carbocycles. The van der Waals surface area contributed by atoms with Gasteiger partial charge in [0.05, 0.1) is 6.67 Å². The van der Waals surface area contributed by atoms with E-state index in [0.29, 0.717) is 32.6 Å².